The van der Waals surface area contributed by atoms with E-state index in [1.165, 1.54) is 7.05 Å². The third kappa shape index (κ3) is 71.3. The van der Waals surface area contributed by atoms with Gasteiger partial charge in [-0.1, -0.05) is 12.2 Å². The Kier molecular flexibility index (Phi) is 8.49. The van der Waals surface area contributed by atoms with Crippen LogP contribution >= 0.6 is 29.5 Å². The number of carbonyl (C=O) groups excluding carboxylic acids is 1. The summed E-state index contributed by atoms with van der Waals surface area (Å²) in [6, 6.07) is 0. The van der Waals surface area contributed by atoms with Gasteiger partial charge in [-0.25, -0.2) is 0 Å². The molecule has 1 amide bonds. The molecular formula is C2H7ClNO3PS2. The summed E-state index contributed by atoms with van der Waals surface area (Å²) in [5.41, 5.74) is -3.11. The molecule has 0 saturated heterocycles. The Bertz CT molecular complexity index is 139. The zero-order chi connectivity index (χ0) is 8.78. The van der Waals surface area contributed by atoms with Gasteiger partial charge in [-0.2, -0.15) is 0 Å². The van der Waals surface area contributed by atoms with Gasteiger partial charge in [0, 0.05) is 7.05 Å². The Morgan fingerprint density at radius 2 is 1.90 bits per heavy atom. The first kappa shape index (κ1) is 13.3. The van der Waals surface area contributed by atoms with Crippen LogP contribution in [0.1, 0.15) is 0 Å². The fourth-order valence-electron chi connectivity index (χ4n) is 0. The lowest BCUT2D eigenvalue weighted by Gasteiger charge is -1.88. The van der Waals surface area contributed by atoms with E-state index in [2.05, 4.69) is 29.4 Å². The largest absolute Gasteiger partial charge is 0.346 e. The van der Waals surface area contributed by atoms with Crippen molar-refractivity contribution >= 4 is 46.7 Å². The second kappa shape index (κ2) is 6.39. The molecule has 4 nitrogen and oxygen atoms in total. The molecule has 0 atom stereocenters. The van der Waals surface area contributed by atoms with Gasteiger partial charge >= 0.3 is 5.37 Å². The van der Waals surface area contributed by atoms with Gasteiger partial charge in [0.1, 0.15) is 0 Å². The molecule has 0 aliphatic heterocycles. The standard InChI is InChI=1S/C2H4ClNO.H3O2PS2/c1-4-2(3)5;1-3(2,4)5/h1H3,(H,4,5);(H3,1,2,4,5). The molecule has 0 aliphatic rings. The number of nitrogens with one attached hydrogen (secondary N) is 1. The van der Waals surface area contributed by atoms with Crippen molar-refractivity contribution in [2.45, 2.75) is 0 Å². The predicted molar refractivity (Wildman–Crippen MR) is 48.0 cm³/mol. The summed E-state index contributed by atoms with van der Waals surface area (Å²) in [4.78, 5) is 25.2. The van der Waals surface area contributed by atoms with E-state index in [1.807, 2.05) is 0 Å². The first-order valence-electron chi connectivity index (χ1n) is 1.93. The highest BCUT2D eigenvalue weighted by Crippen LogP contribution is 2.39. The van der Waals surface area contributed by atoms with E-state index in [9.17, 15) is 4.79 Å². The summed E-state index contributed by atoms with van der Waals surface area (Å²) in [5, 5.41) is 1.63. The molecule has 0 unspecified atom stereocenters. The van der Waals surface area contributed by atoms with Crippen molar-refractivity contribution in [1.29, 1.82) is 0 Å². The first-order chi connectivity index (χ1) is 4.27. The van der Waals surface area contributed by atoms with Crippen molar-refractivity contribution < 1.29 is 14.6 Å². The van der Waals surface area contributed by atoms with E-state index in [0.29, 0.717) is 0 Å². The zero-order valence-corrected chi connectivity index (χ0v) is 8.34. The van der Waals surface area contributed by atoms with Gasteiger partial charge in [-0.15, -0.1) is 0 Å². The number of rotatable bonds is 0. The maximum atomic E-state index is 9.47. The normalized spacial score (nSPS) is 9.30. The second-order valence-corrected chi connectivity index (χ2v) is 6.42. The molecule has 0 aromatic carbocycles. The highest BCUT2D eigenvalue weighted by molar-refractivity contribution is 8.59. The lowest BCUT2D eigenvalue weighted by Crippen LogP contribution is -2.06. The predicted octanol–water partition coefficient (Wildman–Crippen LogP) is 0.690. The Labute approximate surface area is 73.9 Å². The zero-order valence-electron chi connectivity index (χ0n) is 4.98. The van der Waals surface area contributed by atoms with Crippen molar-refractivity contribution in [3.63, 3.8) is 0 Å². The Morgan fingerprint density at radius 3 is 1.90 bits per heavy atom. The van der Waals surface area contributed by atoms with Crippen LogP contribution in [-0.4, -0.2) is 22.2 Å². The van der Waals surface area contributed by atoms with Gasteiger partial charge in [0.25, 0.3) is 0 Å². The van der Waals surface area contributed by atoms with E-state index in [0.717, 1.165) is 0 Å². The van der Waals surface area contributed by atoms with Crippen LogP contribution in [0.5, 0.6) is 0 Å². The number of hydrogen-bond acceptors (Lipinski definition) is 2. The van der Waals surface area contributed by atoms with Gasteiger partial charge in [0.05, 0.1) is 0 Å². The average molecular weight is 224 g/mol. The van der Waals surface area contributed by atoms with E-state index >= 15 is 0 Å². The highest BCUT2D eigenvalue weighted by Gasteiger charge is 1.90. The van der Waals surface area contributed by atoms with Crippen LogP contribution in [0.15, 0.2) is 0 Å². The summed E-state index contributed by atoms with van der Waals surface area (Å²) in [7, 11) is 1.47. The third-order valence-corrected chi connectivity index (χ3v) is 0.386. The summed E-state index contributed by atoms with van der Waals surface area (Å²) >= 11 is 11.8. The molecule has 0 fully saturated rings. The lowest BCUT2D eigenvalue weighted by atomic mass is 11.2. The summed E-state index contributed by atoms with van der Waals surface area (Å²) in [6.45, 7) is 0. The van der Waals surface area contributed by atoms with Gasteiger partial charge in [0.2, 0.25) is 5.69 Å². The van der Waals surface area contributed by atoms with E-state index < -0.39 is 11.1 Å². The molecular weight excluding hydrogens is 217 g/mol. The summed E-state index contributed by atoms with van der Waals surface area (Å²) < 4.78 is 0. The number of carbonyl (C=O) groups is 1. The van der Waals surface area contributed by atoms with Crippen molar-refractivity contribution in [3.05, 3.63) is 0 Å². The van der Waals surface area contributed by atoms with E-state index in [-0.39, 0.29) is 0 Å². The fourth-order valence-corrected chi connectivity index (χ4v) is 0. The molecule has 62 valence electrons. The fraction of sp³-hybridized carbons (Fsp3) is 0.500. The molecule has 10 heavy (non-hydrogen) atoms. The minimum Gasteiger partial charge on any atom is -0.346 e. The smallest absolute Gasteiger partial charge is 0.313 e. The average Bonchev–Trinajstić information content (AvgIpc) is 1.61. The molecule has 0 spiro atoms. The molecule has 0 bridgehead atoms. The van der Waals surface area contributed by atoms with Gasteiger partial charge in [-0.05, 0) is 23.4 Å². The van der Waals surface area contributed by atoms with Crippen LogP contribution in [-0.2, 0) is 11.8 Å². The van der Waals surface area contributed by atoms with E-state index in [4.69, 9.17) is 21.4 Å². The van der Waals surface area contributed by atoms with Crippen LogP contribution < -0.4 is 5.32 Å². The highest BCUT2D eigenvalue weighted by atomic mass is 35.5. The Hall–Kier alpha value is 0.680. The summed E-state index contributed by atoms with van der Waals surface area (Å²) in [6.07, 6.45) is 0. The van der Waals surface area contributed by atoms with Gasteiger partial charge in [-0.3, -0.25) is 4.79 Å². The second-order valence-electron chi connectivity index (χ2n) is 1.04. The van der Waals surface area contributed by atoms with Crippen molar-refractivity contribution in [2.24, 2.45) is 0 Å². The number of hydrogen-bond donors (Lipinski definition) is 4. The molecule has 3 N–H and O–H groups in total. The minimum absolute atomic E-state index is 0.523. The molecule has 0 rings (SSSR count). The monoisotopic (exact) mass is 223 g/mol. The molecule has 0 heterocycles. The van der Waals surface area contributed by atoms with Crippen molar-refractivity contribution in [3.8, 4) is 0 Å². The third-order valence-electron chi connectivity index (χ3n) is 0.197. The molecule has 0 radical (unpaired) electrons. The Morgan fingerprint density at radius 1 is 1.80 bits per heavy atom. The molecule has 0 aliphatic carbocycles. The molecule has 0 aromatic heterocycles. The topological polar surface area (TPSA) is 69.6 Å². The SMILES string of the molecule is CNC(=O)Cl.OP(O)(=S)S. The number of thiol groups is 1. The van der Waals surface area contributed by atoms with Crippen molar-refractivity contribution in [1.82, 2.24) is 5.32 Å². The molecule has 0 saturated carbocycles. The van der Waals surface area contributed by atoms with Crippen LogP contribution in [0.3, 0.4) is 0 Å². The first-order valence-corrected chi connectivity index (χ1v) is 6.16. The Balaban J connectivity index is 0. The summed E-state index contributed by atoms with van der Waals surface area (Å²) in [5.74, 6) is 0. The maximum absolute atomic E-state index is 9.47. The van der Waals surface area contributed by atoms with Gasteiger partial charge < -0.3 is 15.1 Å². The lowest BCUT2D eigenvalue weighted by molar-refractivity contribution is 0.261. The minimum atomic E-state index is -3.11. The number of halogens is 1. The van der Waals surface area contributed by atoms with Gasteiger partial charge in [0.15, 0.2) is 0 Å². The number of amides is 1. The molecule has 8 heteroatoms. The van der Waals surface area contributed by atoms with Crippen LogP contribution in [0.2, 0.25) is 0 Å². The molecule has 0 aromatic rings. The van der Waals surface area contributed by atoms with Crippen LogP contribution in [0.25, 0.3) is 0 Å². The quantitative estimate of drug-likeness (QED) is 0.211. The van der Waals surface area contributed by atoms with Crippen LogP contribution in [0, 0.1) is 0 Å². The van der Waals surface area contributed by atoms with Crippen LogP contribution in [0.4, 0.5) is 4.79 Å². The van der Waals surface area contributed by atoms with E-state index in [1.54, 1.807) is 0 Å². The maximum Gasteiger partial charge on any atom is 0.313 e. The van der Waals surface area contributed by atoms with Crippen molar-refractivity contribution in [2.75, 3.05) is 7.05 Å².